The number of urea groups is 1. The van der Waals surface area contributed by atoms with Crippen LogP contribution < -0.4 is 5.32 Å². The van der Waals surface area contributed by atoms with E-state index in [0.29, 0.717) is 23.2 Å². The minimum Gasteiger partial charge on any atom is -0.331 e. The predicted molar refractivity (Wildman–Crippen MR) is 131 cm³/mol. The lowest BCUT2D eigenvalue weighted by atomic mass is 10.2. The molecule has 0 atom stereocenters. The molecule has 2 amide bonds. The van der Waals surface area contributed by atoms with Gasteiger partial charge in [-0.05, 0) is 37.3 Å². The van der Waals surface area contributed by atoms with Crippen LogP contribution in [-0.2, 0) is 13.1 Å². The summed E-state index contributed by atoms with van der Waals surface area (Å²) in [5.74, 6) is 0.958. The number of carbonyl (C=O) groups excluding carboxylic acids is 1. The lowest BCUT2D eigenvalue weighted by Crippen LogP contribution is -2.37. The number of carbonyl (C=O) groups is 1. The highest BCUT2D eigenvalue weighted by molar-refractivity contribution is 6.30. The van der Waals surface area contributed by atoms with Crippen molar-refractivity contribution in [2.45, 2.75) is 20.0 Å². The van der Waals surface area contributed by atoms with Crippen LogP contribution in [0.1, 0.15) is 17.5 Å². The van der Waals surface area contributed by atoms with Crippen molar-refractivity contribution in [3.8, 4) is 11.4 Å². The summed E-state index contributed by atoms with van der Waals surface area (Å²) >= 11 is 5.80. The molecule has 0 aliphatic rings. The highest BCUT2D eigenvalue weighted by Gasteiger charge is 2.17. The topological polar surface area (TPSA) is 107 Å². The average Bonchev–Trinajstić information content (AvgIpc) is 3.50. The summed E-state index contributed by atoms with van der Waals surface area (Å²) in [5.41, 5.74) is 2.08. The third-order valence-corrected chi connectivity index (χ3v) is 5.81. The molecule has 10 nitrogen and oxygen atoms in total. The fourth-order valence-corrected chi connectivity index (χ4v) is 3.86. The minimum absolute atomic E-state index is 0.0152. The third-order valence-electron chi connectivity index (χ3n) is 5.50. The van der Waals surface area contributed by atoms with Gasteiger partial charge in [0.25, 0.3) is 0 Å². The van der Waals surface area contributed by atoms with Gasteiger partial charge in [0.2, 0.25) is 0 Å². The van der Waals surface area contributed by atoms with Crippen LogP contribution in [0.15, 0.2) is 61.1 Å². The van der Waals surface area contributed by atoms with Crippen LogP contribution in [0.5, 0.6) is 0 Å². The summed E-state index contributed by atoms with van der Waals surface area (Å²) in [7, 11) is 1.63. The van der Waals surface area contributed by atoms with Gasteiger partial charge in [-0.25, -0.2) is 28.5 Å². The van der Waals surface area contributed by atoms with Crippen molar-refractivity contribution in [1.29, 1.82) is 0 Å². The maximum absolute atomic E-state index is 14.0. The van der Waals surface area contributed by atoms with Crippen LogP contribution in [0.25, 0.3) is 22.3 Å². The van der Waals surface area contributed by atoms with Gasteiger partial charge >= 0.3 is 6.03 Å². The van der Waals surface area contributed by atoms with Gasteiger partial charge in [-0.3, -0.25) is 4.98 Å². The molecule has 0 spiro atoms. The highest BCUT2D eigenvalue weighted by Crippen LogP contribution is 2.20. The SMILES string of the molecule is Cc1nc(CN(C)C(=O)NCc2ncnn2-c2ccc3cccnc3c2)n(-c2ccc(Cl)c(F)c2)n1. The number of fused-ring (bicyclic) bond motifs is 1. The number of benzene rings is 2. The first kappa shape index (κ1) is 23.4. The molecule has 12 heteroatoms. The summed E-state index contributed by atoms with van der Waals surface area (Å²) in [6.07, 6.45) is 3.17. The molecule has 5 aromatic rings. The molecule has 0 saturated carbocycles. The van der Waals surface area contributed by atoms with E-state index in [0.717, 1.165) is 16.6 Å². The van der Waals surface area contributed by atoms with E-state index in [1.54, 1.807) is 30.9 Å². The molecule has 0 bridgehead atoms. The van der Waals surface area contributed by atoms with E-state index in [1.807, 2.05) is 30.3 Å². The first-order valence-corrected chi connectivity index (χ1v) is 11.4. The van der Waals surface area contributed by atoms with Crippen molar-refractivity contribution >= 4 is 28.5 Å². The second-order valence-electron chi connectivity index (χ2n) is 8.07. The summed E-state index contributed by atoms with van der Waals surface area (Å²) in [6.45, 7) is 2.01. The number of hydrogen-bond donors (Lipinski definition) is 1. The fourth-order valence-electron chi connectivity index (χ4n) is 3.75. The molecule has 0 aliphatic carbocycles. The van der Waals surface area contributed by atoms with Gasteiger partial charge in [0.05, 0.1) is 35.0 Å². The molecule has 0 unspecified atom stereocenters. The Morgan fingerprint density at radius 3 is 2.72 bits per heavy atom. The van der Waals surface area contributed by atoms with Crippen LogP contribution in [0, 0.1) is 12.7 Å². The second kappa shape index (κ2) is 9.70. The predicted octanol–water partition coefficient (Wildman–Crippen LogP) is 3.84. The number of pyridine rings is 1. The largest absolute Gasteiger partial charge is 0.331 e. The molecule has 36 heavy (non-hydrogen) atoms. The van der Waals surface area contributed by atoms with Gasteiger partial charge in [-0.1, -0.05) is 23.7 Å². The number of halogens is 2. The summed E-state index contributed by atoms with van der Waals surface area (Å²) in [5, 5.41) is 12.5. The van der Waals surface area contributed by atoms with E-state index in [-0.39, 0.29) is 24.1 Å². The van der Waals surface area contributed by atoms with Crippen molar-refractivity contribution in [3.05, 3.63) is 89.4 Å². The number of aromatic nitrogens is 7. The van der Waals surface area contributed by atoms with Gasteiger partial charge in [0.1, 0.15) is 18.0 Å². The van der Waals surface area contributed by atoms with E-state index in [9.17, 15) is 9.18 Å². The molecule has 3 heterocycles. The van der Waals surface area contributed by atoms with E-state index < -0.39 is 5.82 Å². The van der Waals surface area contributed by atoms with E-state index in [2.05, 4.69) is 30.5 Å². The first-order valence-electron chi connectivity index (χ1n) is 11.0. The van der Waals surface area contributed by atoms with Crippen LogP contribution in [0.3, 0.4) is 0 Å². The Kier molecular flexibility index (Phi) is 6.30. The third kappa shape index (κ3) is 4.73. The van der Waals surface area contributed by atoms with E-state index >= 15 is 0 Å². The lowest BCUT2D eigenvalue weighted by molar-refractivity contribution is 0.204. The van der Waals surface area contributed by atoms with Gasteiger partial charge in [0, 0.05) is 24.7 Å². The Morgan fingerprint density at radius 1 is 1.08 bits per heavy atom. The zero-order chi connectivity index (χ0) is 25.2. The number of amides is 2. The van der Waals surface area contributed by atoms with Crippen molar-refractivity contribution in [1.82, 2.24) is 44.7 Å². The molecule has 2 aromatic carbocycles. The minimum atomic E-state index is -0.564. The van der Waals surface area contributed by atoms with Gasteiger partial charge in [0.15, 0.2) is 11.6 Å². The fraction of sp³-hybridized carbons (Fsp3) is 0.167. The summed E-state index contributed by atoms with van der Waals surface area (Å²) in [4.78, 5) is 27.3. The van der Waals surface area contributed by atoms with Gasteiger partial charge < -0.3 is 10.2 Å². The van der Waals surface area contributed by atoms with Crippen molar-refractivity contribution in [3.63, 3.8) is 0 Å². The second-order valence-corrected chi connectivity index (χ2v) is 8.48. The number of rotatable bonds is 6. The maximum atomic E-state index is 14.0. The van der Waals surface area contributed by atoms with Crippen LogP contribution in [0.4, 0.5) is 9.18 Å². The molecule has 0 radical (unpaired) electrons. The quantitative estimate of drug-likeness (QED) is 0.376. The zero-order valence-corrected chi connectivity index (χ0v) is 20.2. The Morgan fingerprint density at radius 2 is 1.89 bits per heavy atom. The number of nitrogens with one attached hydrogen (secondary N) is 1. The average molecular weight is 506 g/mol. The summed E-state index contributed by atoms with van der Waals surface area (Å²) in [6, 6.07) is 13.7. The Hall–Kier alpha value is -4.38. The molecule has 5 rings (SSSR count). The number of aryl methyl sites for hydroxylation is 1. The number of hydrogen-bond acceptors (Lipinski definition) is 6. The maximum Gasteiger partial charge on any atom is 0.317 e. The van der Waals surface area contributed by atoms with Gasteiger partial charge in [-0.2, -0.15) is 10.2 Å². The smallest absolute Gasteiger partial charge is 0.317 e. The molecule has 0 aliphatic heterocycles. The van der Waals surface area contributed by atoms with Crippen molar-refractivity contribution in [2.24, 2.45) is 0 Å². The first-order chi connectivity index (χ1) is 17.4. The van der Waals surface area contributed by atoms with Crippen LogP contribution in [0.2, 0.25) is 5.02 Å². The van der Waals surface area contributed by atoms with Crippen molar-refractivity contribution < 1.29 is 9.18 Å². The standard InChI is InChI=1S/C24H21ClFN9O/c1-15-31-23(35(32-15)17-7-8-19(25)20(26)10-17)13-33(2)24(36)28-12-22-29-14-30-34(22)18-6-5-16-4-3-9-27-21(16)11-18/h3-11,14H,12-13H2,1-2H3,(H,28,36). The molecule has 182 valence electrons. The van der Waals surface area contributed by atoms with Crippen molar-refractivity contribution in [2.75, 3.05) is 7.05 Å². The molecule has 0 fully saturated rings. The molecule has 1 N–H and O–H groups in total. The van der Waals surface area contributed by atoms with E-state index in [4.69, 9.17) is 11.6 Å². The molecular weight excluding hydrogens is 485 g/mol. The van der Waals surface area contributed by atoms with Gasteiger partial charge in [-0.15, -0.1) is 0 Å². The zero-order valence-electron chi connectivity index (χ0n) is 19.4. The molecule has 0 saturated heterocycles. The lowest BCUT2D eigenvalue weighted by Gasteiger charge is -2.18. The Bertz CT molecular complexity index is 1560. The molecular formula is C24H21ClFN9O. The van der Waals surface area contributed by atoms with E-state index in [1.165, 1.54) is 28.0 Å². The number of nitrogens with zero attached hydrogens (tertiary/aromatic N) is 8. The summed E-state index contributed by atoms with van der Waals surface area (Å²) < 4.78 is 17.1. The van der Waals surface area contributed by atoms with Crippen LogP contribution >= 0.6 is 11.6 Å². The van der Waals surface area contributed by atoms with Crippen LogP contribution in [-0.4, -0.2) is 52.5 Å². The normalized spacial score (nSPS) is 11.1. The monoisotopic (exact) mass is 505 g/mol. The molecule has 3 aromatic heterocycles. The highest BCUT2D eigenvalue weighted by atomic mass is 35.5. The Balaban J connectivity index is 1.28. The Labute approximate surface area is 210 Å².